The van der Waals surface area contributed by atoms with E-state index in [0.717, 1.165) is 11.3 Å². The summed E-state index contributed by atoms with van der Waals surface area (Å²) in [5.41, 5.74) is 2.60. The van der Waals surface area contributed by atoms with Crippen molar-refractivity contribution in [3.8, 4) is 5.75 Å². The Morgan fingerprint density at radius 1 is 1.15 bits per heavy atom. The van der Waals surface area contributed by atoms with Crippen LogP contribution < -0.4 is 10.1 Å². The van der Waals surface area contributed by atoms with Crippen LogP contribution in [-0.2, 0) is 13.1 Å². The second kappa shape index (κ2) is 9.01. The molecule has 0 fully saturated rings. The van der Waals surface area contributed by atoms with Gasteiger partial charge in [-0.15, -0.1) is 0 Å². The molecule has 0 spiro atoms. The van der Waals surface area contributed by atoms with Gasteiger partial charge in [0.25, 0.3) is 0 Å². The third kappa shape index (κ3) is 4.83. The molecule has 134 valence electrons. The van der Waals surface area contributed by atoms with Crippen LogP contribution in [0.15, 0.2) is 65.5 Å². The van der Waals surface area contributed by atoms with Crippen molar-refractivity contribution in [1.29, 1.82) is 0 Å². The summed E-state index contributed by atoms with van der Waals surface area (Å²) >= 11 is 1.62. The van der Waals surface area contributed by atoms with E-state index in [-0.39, 0.29) is 6.03 Å². The molecule has 0 bridgehead atoms. The topological polar surface area (TPSA) is 54.5 Å². The van der Waals surface area contributed by atoms with Gasteiger partial charge in [0, 0.05) is 12.7 Å². The van der Waals surface area contributed by atoms with Crippen LogP contribution in [-0.4, -0.2) is 22.5 Å². The van der Waals surface area contributed by atoms with E-state index in [1.165, 1.54) is 0 Å². The second-order valence-corrected chi connectivity index (χ2v) is 6.45. The zero-order valence-electron chi connectivity index (χ0n) is 14.6. The van der Waals surface area contributed by atoms with E-state index >= 15 is 0 Å². The summed E-state index contributed by atoms with van der Waals surface area (Å²) in [7, 11) is 0. The van der Waals surface area contributed by atoms with Gasteiger partial charge in [0.15, 0.2) is 0 Å². The Kier molecular flexibility index (Phi) is 6.22. The Morgan fingerprint density at radius 2 is 2.00 bits per heavy atom. The standard InChI is InChI=1S/C20H21N3O2S/c1-2-25-19-9-4-3-8-18(19)22-20(24)23(13-16-10-12-26-15-16)14-17-7-5-6-11-21-17/h3-12,15H,2,13-14H2,1H3,(H,22,24). The number of para-hydroxylation sites is 2. The minimum atomic E-state index is -0.186. The zero-order valence-corrected chi connectivity index (χ0v) is 15.4. The van der Waals surface area contributed by atoms with Crippen LogP contribution in [0.1, 0.15) is 18.2 Å². The molecule has 0 atom stereocenters. The molecule has 0 radical (unpaired) electrons. The van der Waals surface area contributed by atoms with E-state index in [0.29, 0.717) is 31.1 Å². The SMILES string of the molecule is CCOc1ccccc1NC(=O)N(Cc1ccsc1)Cc1ccccn1. The number of carbonyl (C=O) groups is 1. The van der Waals surface area contributed by atoms with Crippen molar-refractivity contribution >= 4 is 23.1 Å². The fourth-order valence-corrected chi connectivity index (χ4v) is 3.20. The first-order valence-electron chi connectivity index (χ1n) is 8.45. The van der Waals surface area contributed by atoms with Crippen molar-refractivity contribution in [2.75, 3.05) is 11.9 Å². The summed E-state index contributed by atoms with van der Waals surface area (Å²) in [5, 5.41) is 7.02. The molecule has 6 heteroatoms. The average molecular weight is 367 g/mol. The molecular weight excluding hydrogens is 346 g/mol. The van der Waals surface area contributed by atoms with E-state index in [2.05, 4.69) is 10.3 Å². The third-order valence-corrected chi connectivity index (χ3v) is 4.48. The summed E-state index contributed by atoms with van der Waals surface area (Å²) < 4.78 is 5.60. The number of aromatic nitrogens is 1. The number of hydrogen-bond acceptors (Lipinski definition) is 4. The van der Waals surface area contributed by atoms with Gasteiger partial charge in [0.05, 0.1) is 24.5 Å². The van der Waals surface area contributed by atoms with Gasteiger partial charge in [-0.25, -0.2) is 4.79 Å². The largest absolute Gasteiger partial charge is 0.492 e. The summed E-state index contributed by atoms with van der Waals surface area (Å²) in [6.07, 6.45) is 1.74. The van der Waals surface area contributed by atoms with Gasteiger partial charge in [-0.2, -0.15) is 11.3 Å². The van der Waals surface area contributed by atoms with Gasteiger partial charge in [0.1, 0.15) is 5.75 Å². The molecule has 0 aliphatic rings. The van der Waals surface area contributed by atoms with Gasteiger partial charge in [-0.05, 0) is 53.6 Å². The van der Waals surface area contributed by atoms with Gasteiger partial charge < -0.3 is 15.0 Å². The van der Waals surface area contributed by atoms with Crippen LogP contribution in [0, 0.1) is 0 Å². The van der Waals surface area contributed by atoms with Gasteiger partial charge in [-0.3, -0.25) is 4.98 Å². The number of carbonyl (C=O) groups excluding carboxylic acids is 1. The Labute approximate surface area is 157 Å². The minimum absolute atomic E-state index is 0.186. The number of hydrogen-bond donors (Lipinski definition) is 1. The van der Waals surface area contributed by atoms with E-state index in [1.807, 2.05) is 66.2 Å². The highest BCUT2D eigenvalue weighted by Gasteiger charge is 2.17. The lowest BCUT2D eigenvalue weighted by atomic mass is 10.2. The molecule has 1 N–H and O–H groups in total. The van der Waals surface area contributed by atoms with Crippen LogP contribution in [0.5, 0.6) is 5.75 Å². The number of urea groups is 1. The molecule has 2 aromatic heterocycles. The average Bonchev–Trinajstić information content (AvgIpc) is 3.17. The predicted octanol–water partition coefficient (Wildman–Crippen LogP) is 4.78. The first kappa shape index (κ1) is 17.9. The van der Waals surface area contributed by atoms with Crippen molar-refractivity contribution in [3.05, 3.63) is 76.7 Å². The molecule has 2 heterocycles. The van der Waals surface area contributed by atoms with Crippen LogP contribution in [0.2, 0.25) is 0 Å². The monoisotopic (exact) mass is 367 g/mol. The maximum Gasteiger partial charge on any atom is 0.322 e. The Hall–Kier alpha value is -2.86. The fourth-order valence-electron chi connectivity index (χ4n) is 2.54. The molecule has 0 unspecified atom stereocenters. The summed E-state index contributed by atoms with van der Waals surface area (Å²) in [5.74, 6) is 0.664. The molecule has 0 aliphatic heterocycles. The lowest BCUT2D eigenvalue weighted by molar-refractivity contribution is 0.205. The Balaban J connectivity index is 1.78. The highest BCUT2D eigenvalue weighted by atomic mass is 32.1. The quantitative estimate of drug-likeness (QED) is 0.654. The van der Waals surface area contributed by atoms with E-state index < -0.39 is 0 Å². The molecule has 1 aromatic carbocycles. The predicted molar refractivity (Wildman–Crippen MR) is 104 cm³/mol. The smallest absolute Gasteiger partial charge is 0.322 e. The van der Waals surface area contributed by atoms with E-state index in [1.54, 1.807) is 22.4 Å². The molecule has 5 nitrogen and oxygen atoms in total. The van der Waals surface area contributed by atoms with E-state index in [4.69, 9.17) is 4.74 Å². The number of ether oxygens (including phenoxy) is 1. The second-order valence-electron chi connectivity index (χ2n) is 5.67. The van der Waals surface area contributed by atoms with Crippen LogP contribution in [0.4, 0.5) is 10.5 Å². The lowest BCUT2D eigenvalue weighted by Gasteiger charge is -2.23. The van der Waals surface area contributed by atoms with Crippen molar-refractivity contribution in [2.24, 2.45) is 0 Å². The highest BCUT2D eigenvalue weighted by molar-refractivity contribution is 7.07. The number of pyridine rings is 1. The maximum absolute atomic E-state index is 12.9. The summed E-state index contributed by atoms with van der Waals surface area (Å²) in [6, 6.07) is 15.0. The number of thiophene rings is 1. The minimum Gasteiger partial charge on any atom is -0.492 e. The highest BCUT2D eigenvalue weighted by Crippen LogP contribution is 2.24. The Morgan fingerprint density at radius 3 is 2.73 bits per heavy atom. The number of amides is 2. The molecule has 2 amide bonds. The number of anilines is 1. The maximum atomic E-state index is 12.9. The van der Waals surface area contributed by atoms with Crippen molar-refractivity contribution < 1.29 is 9.53 Å². The first-order chi connectivity index (χ1) is 12.8. The van der Waals surface area contributed by atoms with Crippen molar-refractivity contribution in [1.82, 2.24) is 9.88 Å². The third-order valence-electron chi connectivity index (χ3n) is 3.75. The number of nitrogens with zero attached hydrogens (tertiary/aromatic N) is 2. The molecular formula is C20H21N3O2S. The summed E-state index contributed by atoms with van der Waals surface area (Å²) in [4.78, 5) is 19.0. The van der Waals surface area contributed by atoms with Crippen molar-refractivity contribution in [3.63, 3.8) is 0 Å². The molecule has 3 rings (SSSR count). The van der Waals surface area contributed by atoms with Gasteiger partial charge in [0.2, 0.25) is 0 Å². The van der Waals surface area contributed by atoms with Gasteiger partial charge >= 0.3 is 6.03 Å². The fraction of sp³-hybridized carbons (Fsp3) is 0.200. The number of benzene rings is 1. The van der Waals surface area contributed by atoms with E-state index in [9.17, 15) is 4.79 Å². The van der Waals surface area contributed by atoms with Gasteiger partial charge in [-0.1, -0.05) is 18.2 Å². The molecule has 0 saturated carbocycles. The lowest BCUT2D eigenvalue weighted by Crippen LogP contribution is -2.34. The van der Waals surface area contributed by atoms with Crippen LogP contribution >= 0.6 is 11.3 Å². The van der Waals surface area contributed by atoms with Crippen molar-refractivity contribution in [2.45, 2.75) is 20.0 Å². The Bertz CT molecular complexity index is 822. The number of rotatable bonds is 7. The zero-order chi connectivity index (χ0) is 18.2. The summed E-state index contributed by atoms with van der Waals surface area (Å²) in [6.45, 7) is 3.41. The normalized spacial score (nSPS) is 10.3. The molecule has 26 heavy (non-hydrogen) atoms. The van der Waals surface area contributed by atoms with Crippen LogP contribution in [0.3, 0.4) is 0 Å². The molecule has 0 saturated heterocycles. The first-order valence-corrected chi connectivity index (χ1v) is 9.39. The number of nitrogens with one attached hydrogen (secondary N) is 1. The molecule has 3 aromatic rings. The molecule has 0 aliphatic carbocycles. The van der Waals surface area contributed by atoms with Crippen LogP contribution in [0.25, 0.3) is 0 Å².